The topological polar surface area (TPSA) is 8.81 Å². The lowest BCUT2D eigenvalue weighted by molar-refractivity contribution is -0.671. The molecule has 0 saturated carbocycles. The molecule has 0 atom stereocenters. The van der Waals surface area contributed by atoms with E-state index in [4.69, 9.17) is 0 Å². The minimum atomic E-state index is 1.20. The van der Waals surface area contributed by atoms with E-state index >= 15 is 0 Å². The summed E-state index contributed by atoms with van der Waals surface area (Å²) in [6.45, 7) is 8.74. The molecule has 24 heavy (non-hydrogen) atoms. The van der Waals surface area contributed by atoms with Gasteiger partial charge in [0, 0.05) is 16.8 Å². The van der Waals surface area contributed by atoms with Gasteiger partial charge in [0.1, 0.15) is 16.7 Å². The normalized spacial score (nSPS) is 11.5. The van der Waals surface area contributed by atoms with Gasteiger partial charge in [-0.3, -0.25) is 0 Å². The van der Waals surface area contributed by atoms with Gasteiger partial charge in [-0.25, -0.2) is 4.57 Å². The van der Waals surface area contributed by atoms with Crippen molar-refractivity contribution in [3.8, 4) is 5.82 Å². The molecule has 0 unspecified atom stereocenters. The van der Waals surface area contributed by atoms with Gasteiger partial charge in [-0.05, 0) is 63.1 Å². The third-order valence-electron chi connectivity index (χ3n) is 5.29. The summed E-state index contributed by atoms with van der Waals surface area (Å²) in [6.07, 6.45) is 0. The number of rotatable bonds is 1. The smallest absolute Gasteiger partial charge is 0.234 e. The van der Waals surface area contributed by atoms with Crippen LogP contribution in [0.1, 0.15) is 22.4 Å². The van der Waals surface area contributed by atoms with E-state index < -0.39 is 0 Å². The zero-order valence-electron chi connectivity index (χ0n) is 15.0. The summed E-state index contributed by atoms with van der Waals surface area (Å²) in [4.78, 5) is 0. The first-order valence-electron chi connectivity index (χ1n) is 8.46. The molecule has 2 heterocycles. The Morgan fingerprint density at radius 3 is 2.42 bits per heavy atom. The molecular weight excluding hydrogens is 292 g/mol. The van der Waals surface area contributed by atoms with Crippen molar-refractivity contribution in [3.63, 3.8) is 0 Å². The van der Waals surface area contributed by atoms with Crippen molar-refractivity contribution in [1.82, 2.24) is 4.57 Å². The van der Waals surface area contributed by atoms with Crippen LogP contribution in [0.15, 0.2) is 48.5 Å². The molecule has 4 aromatic rings. The van der Waals surface area contributed by atoms with Crippen LogP contribution in [0, 0.1) is 27.7 Å². The highest BCUT2D eigenvalue weighted by Gasteiger charge is 2.23. The maximum atomic E-state index is 2.42. The van der Waals surface area contributed by atoms with Crippen LogP contribution < -0.4 is 4.57 Å². The standard InChI is InChI=1S/C22H23N2/c1-14-9-12-20-19(13-14)18-11-10-15(2)17(4)22(18)24(20)21-8-6-7-16(3)23(21)5/h6-13H,1-5H3/q+1. The first-order valence-corrected chi connectivity index (χ1v) is 8.46. The van der Waals surface area contributed by atoms with Crippen molar-refractivity contribution >= 4 is 21.8 Å². The SMILES string of the molecule is Cc1ccc2c(c1)c1ccc(C)c(C)c1n2-c1cccc(C)[n+]1C. The van der Waals surface area contributed by atoms with E-state index in [1.165, 1.54) is 50.0 Å². The molecule has 0 amide bonds. The van der Waals surface area contributed by atoms with Gasteiger partial charge in [0.25, 0.3) is 5.82 Å². The van der Waals surface area contributed by atoms with Crippen molar-refractivity contribution < 1.29 is 4.57 Å². The molecule has 0 aliphatic rings. The van der Waals surface area contributed by atoms with Crippen molar-refractivity contribution in [1.29, 1.82) is 0 Å². The van der Waals surface area contributed by atoms with Gasteiger partial charge < -0.3 is 0 Å². The average molecular weight is 315 g/mol. The lowest BCUT2D eigenvalue weighted by Gasteiger charge is -2.08. The second kappa shape index (κ2) is 5.20. The fourth-order valence-electron chi connectivity index (χ4n) is 3.63. The van der Waals surface area contributed by atoms with Gasteiger partial charge >= 0.3 is 0 Å². The Labute approximate surface area is 143 Å². The molecule has 120 valence electrons. The van der Waals surface area contributed by atoms with Gasteiger partial charge in [0.15, 0.2) is 0 Å². The molecule has 0 saturated heterocycles. The number of aryl methyl sites for hydroxylation is 4. The molecule has 0 radical (unpaired) electrons. The predicted molar refractivity (Wildman–Crippen MR) is 101 cm³/mol. The third-order valence-corrected chi connectivity index (χ3v) is 5.29. The summed E-state index contributed by atoms with van der Waals surface area (Å²) < 4.78 is 4.68. The highest BCUT2D eigenvalue weighted by atomic mass is 15.1. The molecule has 0 bridgehead atoms. The molecular formula is C22H23N2+. The number of nitrogens with zero attached hydrogens (tertiary/aromatic N) is 2. The number of hydrogen-bond acceptors (Lipinski definition) is 0. The van der Waals surface area contributed by atoms with Gasteiger partial charge in [0.05, 0.1) is 7.05 Å². The van der Waals surface area contributed by atoms with Crippen molar-refractivity contribution in [2.75, 3.05) is 0 Å². The summed E-state index contributed by atoms with van der Waals surface area (Å²) in [5.74, 6) is 1.20. The van der Waals surface area contributed by atoms with Crippen LogP contribution >= 0.6 is 0 Å². The Morgan fingerprint density at radius 1 is 0.833 bits per heavy atom. The minimum Gasteiger partial charge on any atom is -0.234 e. The highest BCUT2D eigenvalue weighted by molar-refractivity contribution is 6.10. The Bertz CT molecular complexity index is 1100. The van der Waals surface area contributed by atoms with Crippen molar-refractivity contribution in [2.45, 2.75) is 27.7 Å². The Kier molecular flexibility index (Phi) is 3.24. The number of benzene rings is 2. The van der Waals surface area contributed by atoms with Crippen molar-refractivity contribution in [2.24, 2.45) is 7.05 Å². The zero-order valence-corrected chi connectivity index (χ0v) is 15.0. The lowest BCUT2D eigenvalue weighted by atomic mass is 10.0. The zero-order chi connectivity index (χ0) is 17.0. The molecule has 0 N–H and O–H groups in total. The molecule has 0 aliphatic heterocycles. The van der Waals surface area contributed by atoms with E-state index in [1.807, 2.05) is 0 Å². The average Bonchev–Trinajstić information content (AvgIpc) is 2.88. The fourth-order valence-corrected chi connectivity index (χ4v) is 3.63. The summed E-state index contributed by atoms with van der Waals surface area (Å²) >= 11 is 0. The Hall–Kier alpha value is -2.61. The van der Waals surface area contributed by atoms with Gasteiger partial charge in [-0.1, -0.05) is 23.8 Å². The van der Waals surface area contributed by atoms with E-state index in [-0.39, 0.29) is 0 Å². The second-order valence-electron chi connectivity index (χ2n) is 6.84. The third kappa shape index (κ3) is 1.99. The first kappa shape index (κ1) is 14.9. The summed E-state index contributed by atoms with van der Waals surface area (Å²) in [5, 5.41) is 2.66. The maximum Gasteiger partial charge on any atom is 0.286 e. The van der Waals surface area contributed by atoms with Gasteiger partial charge in [0.2, 0.25) is 0 Å². The number of fused-ring (bicyclic) bond motifs is 3. The Balaban J connectivity index is 2.28. The first-order chi connectivity index (χ1) is 11.5. The summed E-state index contributed by atoms with van der Waals surface area (Å²) in [6, 6.07) is 17.8. The molecule has 0 spiro atoms. The predicted octanol–water partition coefficient (Wildman–Crippen LogP) is 4.84. The number of aromatic nitrogens is 2. The quantitative estimate of drug-likeness (QED) is 0.444. The van der Waals surface area contributed by atoms with E-state index in [2.05, 4.69) is 92.4 Å². The van der Waals surface area contributed by atoms with Crippen LogP contribution in [0.25, 0.3) is 27.6 Å². The van der Waals surface area contributed by atoms with Crippen molar-refractivity contribution in [3.05, 3.63) is 70.9 Å². The van der Waals surface area contributed by atoms with Crippen LogP contribution in [0.5, 0.6) is 0 Å². The summed E-state index contributed by atoms with van der Waals surface area (Å²) in [7, 11) is 2.14. The molecule has 2 heteroatoms. The van der Waals surface area contributed by atoms with Crippen LogP contribution in [0.3, 0.4) is 0 Å². The van der Waals surface area contributed by atoms with Gasteiger partial charge in [-0.15, -0.1) is 0 Å². The largest absolute Gasteiger partial charge is 0.286 e. The molecule has 0 aliphatic carbocycles. The maximum absolute atomic E-state index is 2.42. The van der Waals surface area contributed by atoms with Crippen LogP contribution in [0.2, 0.25) is 0 Å². The van der Waals surface area contributed by atoms with Crippen LogP contribution in [-0.4, -0.2) is 4.57 Å². The van der Waals surface area contributed by atoms with E-state index in [0.29, 0.717) is 0 Å². The van der Waals surface area contributed by atoms with E-state index in [0.717, 1.165) is 0 Å². The number of hydrogen-bond donors (Lipinski definition) is 0. The second-order valence-corrected chi connectivity index (χ2v) is 6.84. The highest BCUT2D eigenvalue weighted by Crippen LogP contribution is 2.34. The monoisotopic (exact) mass is 315 g/mol. The lowest BCUT2D eigenvalue weighted by Crippen LogP contribution is -2.37. The molecule has 4 rings (SSSR count). The minimum absolute atomic E-state index is 1.20. The molecule has 0 fully saturated rings. The Morgan fingerprint density at radius 2 is 1.62 bits per heavy atom. The molecule has 2 aromatic carbocycles. The fraction of sp³-hybridized carbons (Fsp3) is 0.227. The summed E-state index contributed by atoms with van der Waals surface area (Å²) in [5.41, 5.74) is 7.82. The van der Waals surface area contributed by atoms with E-state index in [9.17, 15) is 0 Å². The van der Waals surface area contributed by atoms with Crippen LogP contribution in [-0.2, 0) is 7.05 Å². The molecule has 2 aromatic heterocycles. The van der Waals surface area contributed by atoms with Gasteiger partial charge in [-0.2, -0.15) is 4.57 Å². The van der Waals surface area contributed by atoms with E-state index in [1.54, 1.807) is 0 Å². The number of pyridine rings is 1. The van der Waals surface area contributed by atoms with Crippen LogP contribution in [0.4, 0.5) is 0 Å². The molecule has 2 nitrogen and oxygen atoms in total.